The van der Waals surface area contributed by atoms with Gasteiger partial charge in [0.15, 0.2) is 0 Å². The van der Waals surface area contributed by atoms with Crippen molar-refractivity contribution in [3.8, 4) is 0 Å². The molecule has 6 nitrogen and oxygen atoms in total. The van der Waals surface area contributed by atoms with Gasteiger partial charge in [-0.3, -0.25) is 9.59 Å². The second-order valence-corrected chi connectivity index (χ2v) is 8.72. The van der Waals surface area contributed by atoms with E-state index in [4.69, 9.17) is 0 Å². The third kappa shape index (κ3) is 5.68. The summed E-state index contributed by atoms with van der Waals surface area (Å²) < 4.78 is 13.3. The van der Waals surface area contributed by atoms with Gasteiger partial charge in [0, 0.05) is 25.2 Å². The molecule has 1 aliphatic rings. The van der Waals surface area contributed by atoms with Gasteiger partial charge in [-0.1, -0.05) is 47.1 Å². The Kier molecular flexibility index (Phi) is 7.76. The lowest BCUT2D eigenvalue weighted by molar-refractivity contribution is -0.131. The van der Waals surface area contributed by atoms with E-state index in [1.807, 2.05) is 32.6 Å². The van der Waals surface area contributed by atoms with Crippen LogP contribution in [-0.2, 0) is 16.8 Å². The number of carbonyl (C=O) groups is 1. The van der Waals surface area contributed by atoms with E-state index in [0.29, 0.717) is 30.9 Å². The lowest BCUT2D eigenvalue weighted by Crippen LogP contribution is -2.51. The van der Waals surface area contributed by atoms with E-state index in [2.05, 4.69) is 24.0 Å². The van der Waals surface area contributed by atoms with Crippen LogP contribution in [0.3, 0.4) is 0 Å². The number of halogens is 1. The summed E-state index contributed by atoms with van der Waals surface area (Å²) in [5.41, 5.74) is 2.52. The minimum atomic E-state index is -0.364. The number of anilines is 1. The quantitative estimate of drug-likeness (QED) is 0.827. The number of H-pyrrole nitrogens is 1. The Morgan fingerprint density at radius 3 is 2.40 bits per heavy atom. The monoisotopic (exact) mass is 416 g/mol. The lowest BCUT2D eigenvalue weighted by atomic mass is 9.86. The lowest BCUT2D eigenvalue weighted by Gasteiger charge is -2.37. The number of piperazine rings is 1. The Hall–Kier alpha value is -2.70. The van der Waals surface area contributed by atoms with E-state index in [0.717, 1.165) is 11.1 Å². The molecular weight excluding hydrogens is 383 g/mol. The molecule has 0 radical (unpaired) electrons. The van der Waals surface area contributed by atoms with Crippen molar-refractivity contribution in [2.45, 2.75) is 59.9 Å². The Morgan fingerprint density at radius 2 is 1.83 bits per heavy atom. The summed E-state index contributed by atoms with van der Waals surface area (Å²) in [6.45, 7) is 13.8. The number of aromatic nitrogens is 2. The fourth-order valence-corrected chi connectivity index (χ4v) is 3.48. The second kappa shape index (κ2) is 9.87. The predicted octanol–water partition coefficient (Wildman–Crippen LogP) is 3.78. The zero-order valence-corrected chi connectivity index (χ0v) is 18.9. The average molecular weight is 417 g/mol. The summed E-state index contributed by atoms with van der Waals surface area (Å²) >= 11 is 0. The maximum atomic E-state index is 13.3. The van der Waals surface area contributed by atoms with Crippen LogP contribution in [0.4, 0.5) is 10.1 Å². The summed E-state index contributed by atoms with van der Waals surface area (Å²) in [4.78, 5) is 28.7. The molecule has 1 fully saturated rings. The third-order valence-corrected chi connectivity index (χ3v) is 4.91. The molecule has 0 atom stereocenters. The molecule has 3 rings (SSSR count). The summed E-state index contributed by atoms with van der Waals surface area (Å²) in [5, 5.41) is 6.42. The molecule has 0 spiro atoms. The number of carbonyl (C=O) groups excluding carboxylic acids is 1. The van der Waals surface area contributed by atoms with Crippen LogP contribution in [0.2, 0.25) is 0 Å². The van der Waals surface area contributed by atoms with Crippen LogP contribution in [0.5, 0.6) is 0 Å². The standard InChI is InChI=1S/C20H25FN4O2.C3H8/c1-13-9-15(21)6-5-14(13)11-25-8-7-24(12-17(25)26)16-10-22-23-19(27)18(16)20(2,3)4;1-3-2/h5-6,9-10H,7-8,11-12H2,1-4H3,(H,23,27);3H2,1-2H3. The molecule has 0 saturated carbocycles. The van der Waals surface area contributed by atoms with Gasteiger partial charge < -0.3 is 9.80 Å². The number of nitrogens with zero attached hydrogens (tertiary/aromatic N) is 3. The molecule has 0 bridgehead atoms. The average Bonchev–Trinajstić information content (AvgIpc) is 2.64. The molecule has 1 aliphatic heterocycles. The maximum Gasteiger partial charge on any atom is 0.269 e. The van der Waals surface area contributed by atoms with Crippen LogP contribution in [0.15, 0.2) is 29.2 Å². The van der Waals surface area contributed by atoms with E-state index >= 15 is 0 Å². The molecular formula is C23H33FN4O2. The van der Waals surface area contributed by atoms with E-state index in [9.17, 15) is 14.0 Å². The summed E-state index contributed by atoms with van der Waals surface area (Å²) in [6.07, 6.45) is 2.87. The first-order chi connectivity index (χ1) is 14.1. The van der Waals surface area contributed by atoms with Crippen LogP contribution in [-0.4, -0.2) is 40.6 Å². The smallest absolute Gasteiger partial charge is 0.269 e. The van der Waals surface area contributed by atoms with Crippen LogP contribution in [0.1, 0.15) is 57.7 Å². The van der Waals surface area contributed by atoms with Crippen LogP contribution < -0.4 is 10.5 Å². The molecule has 30 heavy (non-hydrogen) atoms. The minimum Gasteiger partial charge on any atom is -0.359 e. The summed E-state index contributed by atoms with van der Waals surface area (Å²) in [6, 6.07) is 4.62. The fourth-order valence-electron chi connectivity index (χ4n) is 3.48. The molecule has 0 aliphatic carbocycles. The first kappa shape index (κ1) is 23.6. The SMILES string of the molecule is CCC.Cc1cc(F)ccc1CN1CCN(c2cn[nH]c(=O)c2C(C)(C)C)CC1=O. The first-order valence-corrected chi connectivity index (χ1v) is 10.4. The molecule has 0 unspecified atom stereocenters. The van der Waals surface area contributed by atoms with Crippen molar-refractivity contribution in [1.82, 2.24) is 15.1 Å². The molecule has 2 heterocycles. The summed E-state index contributed by atoms with van der Waals surface area (Å²) in [7, 11) is 0. The molecule has 7 heteroatoms. The van der Waals surface area contributed by atoms with Gasteiger partial charge in [-0.15, -0.1) is 0 Å². The molecule has 1 amide bonds. The highest BCUT2D eigenvalue weighted by Gasteiger charge is 2.30. The van der Waals surface area contributed by atoms with Gasteiger partial charge in [0.2, 0.25) is 5.91 Å². The Balaban J connectivity index is 0.00000101. The highest BCUT2D eigenvalue weighted by Crippen LogP contribution is 2.29. The molecule has 1 N–H and O–H groups in total. The number of amides is 1. The minimum absolute atomic E-state index is 0.0230. The maximum absolute atomic E-state index is 13.3. The van der Waals surface area contributed by atoms with Gasteiger partial charge in [-0.05, 0) is 35.6 Å². The van der Waals surface area contributed by atoms with Gasteiger partial charge in [-0.2, -0.15) is 5.10 Å². The molecule has 164 valence electrons. The number of hydrogen-bond acceptors (Lipinski definition) is 4. The first-order valence-electron chi connectivity index (χ1n) is 10.4. The largest absolute Gasteiger partial charge is 0.359 e. The summed E-state index contributed by atoms with van der Waals surface area (Å²) in [5.74, 6) is -0.297. The van der Waals surface area contributed by atoms with Crippen molar-refractivity contribution >= 4 is 11.6 Å². The van der Waals surface area contributed by atoms with Gasteiger partial charge in [0.1, 0.15) is 5.82 Å². The Labute approximate surface area is 178 Å². The molecule has 1 aromatic carbocycles. The number of aryl methyl sites for hydroxylation is 1. The van der Waals surface area contributed by atoms with Crippen molar-refractivity contribution < 1.29 is 9.18 Å². The molecule has 1 saturated heterocycles. The predicted molar refractivity (Wildman–Crippen MR) is 118 cm³/mol. The normalized spacial score (nSPS) is 14.4. The third-order valence-electron chi connectivity index (χ3n) is 4.91. The van der Waals surface area contributed by atoms with Crippen molar-refractivity contribution in [1.29, 1.82) is 0 Å². The van der Waals surface area contributed by atoms with E-state index in [-0.39, 0.29) is 29.2 Å². The van der Waals surface area contributed by atoms with Crippen LogP contribution >= 0.6 is 0 Å². The van der Waals surface area contributed by atoms with Crippen LogP contribution in [0.25, 0.3) is 0 Å². The number of rotatable bonds is 3. The highest BCUT2D eigenvalue weighted by atomic mass is 19.1. The van der Waals surface area contributed by atoms with Gasteiger partial charge in [0.25, 0.3) is 5.56 Å². The Bertz CT molecular complexity index is 934. The van der Waals surface area contributed by atoms with Crippen molar-refractivity contribution in [3.05, 3.63) is 57.3 Å². The number of hydrogen-bond donors (Lipinski definition) is 1. The zero-order valence-electron chi connectivity index (χ0n) is 18.9. The van der Waals surface area contributed by atoms with Crippen molar-refractivity contribution in [2.24, 2.45) is 0 Å². The molecule has 2 aromatic rings. The van der Waals surface area contributed by atoms with Crippen molar-refractivity contribution in [2.75, 3.05) is 24.5 Å². The van der Waals surface area contributed by atoms with E-state index < -0.39 is 0 Å². The van der Waals surface area contributed by atoms with Gasteiger partial charge >= 0.3 is 0 Å². The topological polar surface area (TPSA) is 69.3 Å². The fraction of sp³-hybridized carbons (Fsp3) is 0.522. The van der Waals surface area contributed by atoms with Crippen LogP contribution in [0, 0.1) is 12.7 Å². The molecule has 1 aromatic heterocycles. The zero-order chi connectivity index (χ0) is 22.5. The number of nitrogens with one attached hydrogen (secondary N) is 1. The second-order valence-electron chi connectivity index (χ2n) is 8.72. The van der Waals surface area contributed by atoms with E-state index in [1.165, 1.54) is 18.6 Å². The Morgan fingerprint density at radius 1 is 1.17 bits per heavy atom. The number of aromatic amines is 1. The van der Waals surface area contributed by atoms with E-state index in [1.54, 1.807) is 17.2 Å². The number of benzene rings is 1. The van der Waals surface area contributed by atoms with Gasteiger partial charge in [0.05, 0.1) is 18.4 Å². The highest BCUT2D eigenvalue weighted by molar-refractivity contribution is 5.83. The van der Waals surface area contributed by atoms with Crippen molar-refractivity contribution in [3.63, 3.8) is 0 Å². The van der Waals surface area contributed by atoms with Gasteiger partial charge in [-0.25, -0.2) is 9.49 Å².